The van der Waals surface area contributed by atoms with Crippen molar-refractivity contribution >= 4 is 29.3 Å². The Balaban J connectivity index is 1.48. The van der Waals surface area contributed by atoms with Crippen LogP contribution in [-0.4, -0.2) is 41.1 Å². The van der Waals surface area contributed by atoms with Gasteiger partial charge in [-0.25, -0.2) is 4.39 Å². The van der Waals surface area contributed by atoms with E-state index < -0.39 is 35.7 Å². The van der Waals surface area contributed by atoms with Crippen LogP contribution in [0.5, 0.6) is 0 Å². The minimum atomic E-state index is -1.00. The highest BCUT2D eigenvalue weighted by Gasteiger charge is 2.44. The van der Waals surface area contributed by atoms with Gasteiger partial charge in [0.2, 0.25) is 11.8 Å². The number of benzene rings is 2. The first-order chi connectivity index (χ1) is 14.3. The number of hydrogen-bond acceptors (Lipinski definition) is 6. The summed E-state index contributed by atoms with van der Waals surface area (Å²) in [6, 6.07) is 9.17. The van der Waals surface area contributed by atoms with Gasteiger partial charge in [0.1, 0.15) is 11.9 Å². The number of nitrogens with one attached hydrogen (secondary N) is 2. The van der Waals surface area contributed by atoms with Crippen LogP contribution < -0.4 is 16.4 Å². The van der Waals surface area contributed by atoms with E-state index in [1.165, 1.54) is 18.2 Å². The average molecular weight is 410 g/mol. The molecule has 4 amide bonds. The molecule has 2 heterocycles. The summed E-state index contributed by atoms with van der Waals surface area (Å²) >= 11 is 0. The predicted octanol–water partition coefficient (Wildman–Crippen LogP) is 1.34. The van der Waals surface area contributed by atoms with E-state index in [0.29, 0.717) is 12.2 Å². The summed E-state index contributed by atoms with van der Waals surface area (Å²) in [5, 5.41) is 5.27. The Labute approximate surface area is 171 Å². The monoisotopic (exact) mass is 410 g/mol. The highest BCUT2D eigenvalue weighted by molar-refractivity contribution is 6.23. The summed E-state index contributed by atoms with van der Waals surface area (Å²) in [6.45, 7) is 0.323. The van der Waals surface area contributed by atoms with Crippen molar-refractivity contribution in [3.63, 3.8) is 0 Å². The molecular formula is C21H19FN4O4. The molecule has 2 unspecified atom stereocenters. The summed E-state index contributed by atoms with van der Waals surface area (Å²) < 4.78 is 13.0. The maximum absolute atomic E-state index is 13.0. The Bertz CT molecular complexity index is 1050. The van der Waals surface area contributed by atoms with E-state index in [-0.39, 0.29) is 29.8 Å². The molecule has 154 valence electrons. The number of hydrogen-bond donors (Lipinski definition) is 3. The van der Waals surface area contributed by atoms with Crippen LogP contribution in [0.3, 0.4) is 0 Å². The Morgan fingerprint density at radius 2 is 1.77 bits per heavy atom. The SMILES string of the molecule is NC(CNc1ccc2c(c1)C(=O)N(C1CCC(=O)NC1=O)C2=O)c1ccc(F)cc1. The Morgan fingerprint density at radius 1 is 1.07 bits per heavy atom. The molecule has 2 aromatic carbocycles. The summed E-state index contributed by atoms with van der Waals surface area (Å²) in [7, 11) is 0. The van der Waals surface area contributed by atoms with Crippen LogP contribution in [0.15, 0.2) is 42.5 Å². The molecule has 9 heteroatoms. The molecule has 4 N–H and O–H groups in total. The van der Waals surface area contributed by atoms with Crippen molar-refractivity contribution in [2.75, 3.05) is 11.9 Å². The fraction of sp³-hybridized carbons (Fsp3) is 0.238. The zero-order valence-electron chi connectivity index (χ0n) is 15.9. The van der Waals surface area contributed by atoms with E-state index in [4.69, 9.17) is 5.73 Å². The largest absolute Gasteiger partial charge is 0.383 e. The highest BCUT2D eigenvalue weighted by Crippen LogP contribution is 2.29. The topological polar surface area (TPSA) is 122 Å². The van der Waals surface area contributed by atoms with Crippen LogP contribution in [0, 0.1) is 5.82 Å². The molecule has 0 radical (unpaired) electrons. The maximum Gasteiger partial charge on any atom is 0.262 e. The minimum absolute atomic E-state index is 0.0674. The van der Waals surface area contributed by atoms with E-state index in [2.05, 4.69) is 10.6 Å². The molecular weight excluding hydrogens is 391 g/mol. The van der Waals surface area contributed by atoms with Crippen LogP contribution >= 0.6 is 0 Å². The van der Waals surface area contributed by atoms with Crippen molar-refractivity contribution in [2.24, 2.45) is 5.73 Å². The minimum Gasteiger partial charge on any atom is -0.383 e. The second-order valence-corrected chi connectivity index (χ2v) is 7.25. The van der Waals surface area contributed by atoms with Crippen molar-refractivity contribution in [1.29, 1.82) is 0 Å². The van der Waals surface area contributed by atoms with Gasteiger partial charge in [0, 0.05) is 24.7 Å². The van der Waals surface area contributed by atoms with Gasteiger partial charge < -0.3 is 11.1 Å². The first-order valence-corrected chi connectivity index (χ1v) is 9.45. The van der Waals surface area contributed by atoms with Gasteiger partial charge >= 0.3 is 0 Å². The molecule has 0 saturated carbocycles. The molecule has 0 bridgehead atoms. The van der Waals surface area contributed by atoms with Crippen LogP contribution in [0.2, 0.25) is 0 Å². The number of carbonyl (C=O) groups excluding carboxylic acids is 4. The molecule has 2 aliphatic rings. The Hall–Kier alpha value is -3.59. The summed E-state index contributed by atoms with van der Waals surface area (Å²) in [6.07, 6.45) is 0.172. The van der Waals surface area contributed by atoms with Crippen molar-refractivity contribution < 1.29 is 23.6 Å². The predicted molar refractivity (Wildman–Crippen MR) is 105 cm³/mol. The van der Waals surface area contributed by atoms with E-state index in [1.54, 1.807) is 24.3 Å². The lowest BCUT2D eigenvalue weighted by molar-refractivity contribution is -0.136. The lowest BCUT2D eigenvalue weighted by Gasteiger charge is -2.27. The van der Waals surface area contributed by atoms with Gasteiger partial charge in [-0.3, -0.25) is 29.4 Å². The molecule has 0 aliphatic carbocycles. The number of halogens is 1. The molecule has 1 saturated heterocycles. The third kappa shape index (κ3) is 3.55. The number of amides is 4. The lowest BCUT2D eigenvalue weighted by atomic mass is 10.0. The molecule has 4 rings (SSSR count). The quantitative estimate of drug-likeness (QED) is 0.640. The summed E-state index contributed by atoms with van der Waals surface area (Å²) in [4.78, 5) is 49.9. The molecule has 8 nitrogen and oxygen atoms in total. The van der Waals surface area contributed by atoms with Crippen LogP contribution in [0.25, 0.3) is 0 Å². The fourth-order valence-corrected chi connectivity index (χ4v) is 3.64. The standard InChI is InChI=1S/C21H19FN4O4/c22-12-3-1-11(2-4-12)16(23)10-24-13-5-6-14-15(9-13)21(30)26(20(14)29)17-7-8-18(27)25-19(17)28/h1-6,9,16-17,24H,7-8,10,23H2,(H,25,27,28). The van der Waals surface area contributed by atoms with Gasteiger partial charge in [-0.1, -0.05) is 12.1 Å². The van der Waals surface area contributed by atoms with Gasteiger partial charge in [-0.05, 0) is 42.3 Å². The number of imide groups is 2. The number of piperidine rings is 1. The normalized spacial score (nSPS) is 19.5. The third-order valence-electron chi connectivity index (χ3n) is 5.26. The van der Waals surface area contributed by atoms with Gasteiger partial charge in [0.05, 0.1) is 11.1 Å². The van der Waals surface area contributed by atoms with Crippen molar-refractivity contribution in [3.05, 3.63) is 65.0 Å². The molecule has 2 aromatic rings. The van der Waals surface area contributed by atoms with Crippen molar-refractivity contribution in [2.45, 2.75) is 24.9 Å². The molecule has 0 spiro atoms. The third-order valence-corrected chi connectivity index (χ3v) is 5.26. The number of rotatable bonds is 5. The molecule has 1 fully saturated rings. The maximum atomic E-state index is 13.0. The van der Waals surface area contributed by atoms with Crippen LogP contribution in [-0.2, 0) is 9.59 Å². The van der Waals surface area contributed by atoms with E-state index >= 15 is 0 Å². The first kappa shape index (κ1) is 19.7. The lowest BCUT2D eigenvalue weighted by Crippen LogP contribution is -2.54. The summed E-state index contributed by atoms with van der Waals surface area (Å²) in [5.41, 5.74) is 7.84. The van der Waals surface area contributed by atoms with E-state index in [9.17, 15) is 23.6 Å². The Morgan fingerprint density at radius 3 is 2.47 bits per heavy atom. The van der Waals surface area contributed by atoms with Gasteiger partial charge in [-0.15, -0.1) is 0 Å². The number of nitrogens with zero attached hydrogens (tertiary/aromatic N) is 1. The zero-order valence-corrected chi connectivity index (χ0v) is 15.9. The molecule has 30 heavy (non-hydrogen) atoms. The average Bonchev–Trinajstić information content (AvgIpc) is 2.97. The highest BCUT2D eigenvalue weighted by atomic mass is 19.1. The number of carbonyl (C=O) groups is 4. The fourth-order valence-electron chi connectivity index (χ4n) is 3.64. The number of nitrogens with two attached hydrogens (primary N) is 1. The molecule has 2 atom stereocenters. The van der Waals surface area contributed by atoms with Crippen LogP contribution in [0.1, 0.15) is 45.2 Å². The summed E-state index contributed by atoms with van der Waals surface area (Å²) in [5.74, 6) is -2.54. The Kier molecular flexibility index (Phi) is 5.04. The molecule has 2 aliphatic heterocycles. The van der Waals surface area contributed by atoms with Crippen molar-refractivity contribution in [3.8, 4) is 0 Å². The van der Waals surface area contributed by atoms with E-state index in [0.717, 1.165) is 10.5 Å². The van der Waals surface area contributed by atoms with Crippen molar-refractivity contribution in [1.82, 2.24) is 10.2 Å². The molecule has 0 aromatic heterocycles. The van der Waals surface area contributed by atoms with Gasteiger partial charge in [0.25, 0.3) is 11.8 Å². The second-order valence-electron chi connectivity index (χ2n) is 7.25. The second kappa shape index (κ2) is 7.68. The zero-order chi connectivity index (χ0) is 21.4. The smallest absolute Gasteiger partial charge is 0.262 e. The number of fused-ring (bicyclic) bond motifs is 1. The van der Waals surface area contributed by atoms with Gasteiger partial charge in [-0.2, -0.15) is 0 Å². The van der Waals surface area contributed by atoms with Gasteiger partial charge in [0.15, 0.2) is 0 Å². The van der Waals surface area contributed by atoms with Crippen LogP contribution in [0.4, 0.5) is 10.1 Å². The number of anilines is 1. The van der Waals surface area contributed by atoms with E-state index in [1.807, 2.05) is 0 Å². The first-order valence-electron chi connectivity index (χ1n) is 9.45.